The van der Waals surface area contributed by atoms with E-state index < -0.39 is 10.0 Å². The third-order valence-corrected chi connectivity index (χ3v) is 4.67. The highest BCUT2D eigenvalue weighted by atomic mass is 79.9. The van der Waals surface area contributed by atoms with E-state index in [-0.39, 0.29) is 34.9 Å². The number of hydrogen-bond donors (Lipinski definition) is 2. The Morgan fingerprint density at radius 2 is 2.25 bits per heavy atom. The van der Waals surface area contributed by atoms with Crippen LogP contribution in [0.5, 0.6) is 0 Å². The summed E-state index contributed by atoms with van der Waals surface area (Å²) >= 11 is 3.00. The molecule has 2 heterocycles. The standard InChI is InChI=1S/C10H12BrN3O5S/c1-6-13-9(19-14-6)2-3-12-20(16,17)8-4-7(5-15)18-10(8)11/h4,12,15H,2-3,5H2,1H3. The summed E-state index contributed by atoms with van der Waals surface area (Å²) in [6.45, 7) is 1.40. The van der Waals surface area contributed by atoms with Gasteiger partial charge in [0.2, 0.25) is 15.9 Å². The first-order valence-electron chi connectivity index (χ1n) is 5.60. The van der Waals surface area contributed by atoms with Gasteiger partial charge in [-0.25, -0.2) is 13.1 Å². The highest BCUT2D eigenvalue weighted by Crippen LogP contribution is 2.25. The maximum Gasteiger partial charge on any atom is 0.244 e. The molecule has 0 radical (unpaired) electrons. The van der Waals surface area contributed by atoms with Crippen LogP contribution < -0.4 is 4.72 Å². The molecule has 8 nitrogen and oxygen atoms in total. The zero-order valence-corrected chi connectivity index (χ0v) is 12.9. The van der Waals surface area contributed by atoms with Gasteiger partial charge < -0.3 is 14.0 Å². The fraction of sp³-hybridized carbons (Fsp3) is 0.400. The number of aryl methyl sites for hydroxylation is 1. The van der Waals surface area contributed by atoms with Gasteiger partial charge in [0.25, 0.3) is 0 Å². The topological polar surface area (TPSA) is 118 Å². The molecule has 0 aromatic carbocycles. The van der Waals surface area contributed by atoms with Crippen molar-refractivity contribution in [2.75, 3.05) is 6.54 Å². The number of sulfonamides is 1. The van der Waals surface area contributed by atoms with Gasteiger partial charge in [0.1, 0.15) is 17.3 Å². The van der Waals surface area contributed by atoms with Gasteiger partial charge in [0.15, 0.2) is 10.5 Å². The molecule has 10 heteroatoms. The minimum atomic E-state index is -3.74. The van der Waals surface area contributed by atoms with Crippen LogP contribution in [0.4, 0.5) is 0 Å². The number of nitrogens with one attached hydrogen (secondary N) is 1. The number of aliphatic hydroxyl groups excluding tert-OH is 1. The molecule has 20 heavy (non-hydrogen) atoms. The Hall–Kier alpha value is -1.23. The molecule has 2 aromatic rings. The van der Waals surface area contributed by atoms with Crippen molar-refractivity contribution in [2.24, 2.45) is 0 Å². The van der Waals surface area contributed by atoms with Crippen molar-refractivity contribution in [3.05, 3.63) is 28.2 Å². The maximum absolute atomic E-state index is 12.0. The Morgan fingerprint density at radius 3 is 2.80 bits per heavy atom. The van der Waals surface area contributed by atoms with E-state index in [4.69, 9.17) is 14.0 Å². The van der Waals surface area contributed by atoms with Crippen LogP contribution in [0, 0.1) is 6.92 Å². The van der Waals surface area contributed by atoms with E-state index in [2.05, 4.69) is 30.8 Å². The van der Waals surface area contributed by atoms with Gasteiger partial charge in [-0.1, -0.05) is 5.16 Å². The molecule has 0 unspecified atom stereocenters. The molecule has 0 amide bonds. The van der Waals surface area contributed by atoms with Crippen LogP contribution in [0.15, 0.2) is 24.6 Å². The number of furan rings is 1. The predicted octanol–water partition coefficient (Wildman–Crippen LogP) is 0.747. The minimum absolute atomic E-state index is 0.0442. The highest BCUT2D eigenvalue weighted by molar-refractivity contribution is 9.10. The molecule has 0 aliphatic carbocycles. The summed E-state index contributed by atoms with van der Waals surface area (Å²) in [6, 6.07) is 1.25. The van der Waals surface area contributed by atoms with E-state index >= 15 is 0 Å². The first kappa shape index (κ1) is 15.2. The summed E-state index contributed by atoms with van der Waals surface area (Å²) in [4.78, 5) is 3.90. The third-order valence-electron chi connectivity index (χ3n) is 2.35. The van der Waals surface area contributed by atoms with E-state index in [1.54, 1.807) is 6.92 Å². The van der Waals surface area contributed by atoms with E-state index in [0.717, 1.165) is 0 Å². The zero-order valence-electron chi connectivity index (χ0n) is 10.5. The molecule has 2 rings (SSSR count). The van der Waals surface area contributed by atoms with Crippen LogP contribution in [-0.4, -0.2) is 30.2 Å². The van der Waals surface area contributed by atoms with Gasteiger partial charge >= 0.3 is 0 Å². The van der Waals surface area contributed by atoms with Crippen LogP contribution >= 0.6 is 15.9 Å². The molecule has 0 fully saturated rings. The van der Waals surface area contributed by atoms with Gasteiger partial charge in [-0.05, 0) is 22.9 Å². The minimum Gasteiger partial charge on any atom is -0.450 e. The van der Waals surface area contributed by atoms with Gasteiger partial charge in [-0.15, -0.1) is 0 Å². The number of hydrogen-bond acceptors (Lipinski definition) is 7. The smallest absolute Gasteiger partial charge is 0.244 e. The average molecular weight is 366 g/mol. The predicted molar refractivity (Wildman–Crippen MR) is 70.3 cm³/mol. The summed E-state index contributed by atoms with van der Waals surface area (Å²) in [5.41, 5.74) is 0. The van der Waals surface area contributed by atoms with Crippen molar-refractivity contribution in [3.63, 3.8) is 0 Å². The van der Waals surface area contributed by atoms with E-state index in [1.807, 2.05) is 0 Å². The Bertz CT molecular complexity index is 694. The molecule has 0 aliphatic rings. The molecule has 0 bridgehead atoms. The molecular weight excluding hydrogens is 354 g/mol. The quantitative estimate of drug-likeness (QED) is 0.774. The second-order valence-corrected chi connectivity index (χ2v) is 6.35. The lowest BCUT2D eigenvalue weighted by atomic mass is 10.4. The van der Waals surface area contributed by atoms with Crippen molar-refractivity contribution in [1.29, 1.82) is 0 Å². The Labute approximate surface area is 123 Å². The molecule has 2 N–H and O–H groups in total. The Morgan fingerprint density at radius 1 is 1.50 bits per heavy atom. The van der Waals surface area contributed by atoms with Crippen LogP contribution in [0.1, 0.15) is 17.5 Å². The normalized spacial score (nSPS) is 11.9. The first-order valence-corrected chi connectivity index (χ1v) is 7.88. The lowest BCUT2D eigenvalue weighted by Gasteiger charge is -2.02. The molecule has 0 saturated heterocycles. The second kappa shape index (κ2) is 6.04. The lowest BCUT2D eigenvalue weighted by Crippen LogP contribution is -2.26. The molecule has 2 aromatic heterocycles. The first-order chi connectivity index (χ1) is 9.42. The second-order valence-electron chi connectivity index (χ2n) is 3.89. The number of rotatable bonds is 6. The van der Waals surface area contributed by atoms with Crippen molar-refractivity contribution < 1.29 is 22.5 Å². The number of halogens is 1. The maximum atomic E-state index is 12.0. The van der Waals surface area contributed by atoms with E-state index in [0.29, 0.717) is 11.7 Å². The van der Waals surface area contributed by atoms with Crippen LogP contribution in [0.25, 0.3) is 0 Å². The number of aromatic nitrogens is 2. The summed E-state index contributed by atoms with van der Waals surface area (Å²) in [5.74, 6) is 1.00. The lowest BCUT2D eigenvalue weighted by molar-refractivity contribution is 0.245. The summed E-state index contributed by atoms with van der Waals surface area (Å²) in [5, 5.41) is 12.5. The van der Waals surface area contributed by atoms with E-state index in [1.165, 1.54) is 6.07 Å². The van der Waals surface area contributed by atoms with Crippen molar-refractivity contribution in [1.82, 2.24) is 14.9 Å². The molecule has 110 valence electrons. The highest BCUT2D eigenvalue weighted by Gasteiger charge is 2.22. The average Bonchev–Trinajstić information content (AvgIpc) is 2.95. The Balaban J connectivity index is 2.01. The SMILES string of the molecule is Cc1noc(CCNS(=O)(=O)c2cc(CO)oc2Br)n1. The fourth-order valence-corrected chi connectivity index (χ4v) is 3.50. The molecule has 0 spiro atoms. The monoisotopic (exact) mass is 365 g/mol. The molecule has 0 atom stereocenters. The molecule has 0 aliphatic heterocycles. The summed E-state index contributed by atoms with van der Waals surface area (Å²) < 4.78 is 36.4. The summed E-state index contributed by atoms with van der Waals surface area (Å²) in [6.07, 6.45) is 0.280. The molecular formula is C10H12BrN3O5S. The zero-order chi connectivity index (χ0) is 14.8. The third kappa shape index (κ3) is 3.45. The fourth-order valence-electron chi connectivity index (χ4n) is 1.47. The van der Waals surface area contributed by atoms with Gasteiger partial charge in [-0.3, -0.25) is 0 Å². The number of nitrogens with zero attached hydrogens (tertiary/aromatic N) is 2. The summed E-state index contributed by atoms with van der Waals surface area (Å²) in [7, 11) is -3.74. The van der Waals surface area contributed by atoms with Crippen molar-refractivity contribution in [2.45, 2.75) is 24.8 Å². The van der Waals surface area contributed by atoms with Crippen molar-refractivity contribution in [3.8, 4) is 0 Å². The van der Waals surface area contributed by atoms with Gasteiger partial charge in [0.05, 0.1) is 0 Å². The number of aliphatic hydroxyl groups is 1. The van der Waals surface area contributed by atoms with E-state index in [9.17, 15) is 8.42 Å². The van der Waals surface area contributed by atoms with Crippen LogP contribution in [-0.2, 0) is 23.1 Å². The Kier molecular flexibility index (Phi) is 4.58. The van der Waals surface area contributed by atoms with Crippen molar-refractivity contribution >= 4 is 26.0 Å². The van der Waals surface area contributed by atoms with Gasteiger partial charge in [-0.2, -0.15) is 4.98 Å². The van der Waals surface area contributed by atoms with Crippen LogP contribution in [0.3, 0.4) is 0 Å². The van der Waals surface area contributed by atoms with Crippen LogP contribution in [0.2, 0.25) is 0 Å². The largest absolute Gasteiger partial charge is 0.450 e. The van der Waals surface area contributed by atoms with Gasteiger partial charge in [0, 0.05) is 19.0 Å². The molecule has 0 saturated carbocycles.